The van der Waals surface area contributed by atoms with E-state index in [2.05, 4.69) is 38.1 Å². The predicted molar refractivity (Wildman–Crippen MR) is 79.8 cm³/mol. The van der Waals surface area contributed by atoms with Crippen molar-refractivity contribution in [2.24, 2.45) is 5.92 Å². The Morgan fingerprint density at radius 2 is 2.15 bits per heavy atom. The van der Waals surface area contributed by atoms with E-state index in [0.29, 0.717) is 12.2 Å². The van der Waals surface area contributed by atoms with Gasteiger partial charge in [-0.25, -0.2) is 0 Å². The summed E-state index contributed by atoms with van der Waals surface area (Å²) in [6.07, 6.45) is 0.929. The van der Waals surface area contributed by atoms with Crippen LogP contribution in [0.4, 0.5) is 0 Å². The minimum atomic E-state index is -0.123. The lowest BCUT2D eigenvalue weighted by Gasteiger charge is -2.14. The zero-order valence-electron chi connectivity index (χ0n) is 13.2. The van der Waals surface area contributed by atoms with Gasteiger partial charge in [-0.15, -0.1) is 0 Å². The van der Waals surface area contributed by atoms with E-state index in [9.17, 15) is 4.79 Å². The third-order valence-corrected chi connectivity index (χ3v) is 3.14. The highest BCUT2D eigenvalue weighted by molar-refractivity contribution is 5.92. The molecule has 1 atom stereocenters. The number of rotatable bonds is 6. The molecule has 0 aromatic carbocycles. The maximum Gasteiger partial charge on any atom is 0.269 e. The molecule has 1 unspecified atom stereocenters. The molecule has 0 aliphatic rings. The fourth-order valence-electron chi connectivity index (χ4n) is 1.77. The van der Waals surface area contributed by atoms with Crippen molar-refractivity contribution in [3.05, 3.63) is 17.5 Å². The van der Waals surface area contributed by atoms with Crippen LogP contribution < -0.4 is 5.32 Å². The van der Waals surface area contributed by atoms with Crippen LogP contribution in [0.5, 0.6) is 0 Å². The third-order valence-electron chi connectivity index (χ3n) is 3.14. The van der Waals surface area contributed by atoms with Gasteiger partial charge in [0.1, 0.15) is 5.69 Å². The minimum absolute atomic E-state index is 0.0589. The van der Waals surface area contributed by atoms with Gasteiger partial charge in [-0.1, -0.05) is 34.6 Å². The molecule has 2 N–H and O–H groups in total. The number of aliphatic hydroxyl groups is 1. The minimum Gasteiger partial charge on any atom is -0.396 e. The molecular formula is C15H27N3O2. The van der Waals surface area contributed by atoms with E-state index in [0.717, 1.165) is 18.7 Å². The first-order valence-electron chi connectivity index (χ1n) is 7.27. The zero-order chi connectivity index (χ0) is 15.3. The lowest BCUT2D eigenvalue weighted by molar-refractivity contribution is 0.0931. The van der Waals surface area contributed by atoms with Crippen LogP contribution in [0.25, 0.3) is 0 Å². The lowest BCUT2D eigenvalue weighted by atomic mass is 9.92. The van der Waals surface area contributed by atoms with Gasteiger partial charge >= 0.3 is 0 Å². The molecule has 1 aromatic rings. The van der Waals surface area contributed by atoms with E-state index in [1.807, 2.05) is 13.0 Å². The molecule has 20 heavy (non-hydrogen) atoms. The summed E-state index contributed by atoms with van der Waals surface area (Å²) in [5.74, 6) is -0.0645. The van der Waals surface area contributed by atoms with E-state index >= 15 is 0 Å². The normalized spacial score (nSPS) is 13.3. The molecule has 1 aromatic heterocycles. The highest BCUT2D eigenvalue weighted by atomic mass is 16.3. The van der Waals surface area contributed by atoms with E-state index < -0.39 is 0 Å². The number of hydrogen-bond acceptors (Lipinski definition) is 3. The maximum absolute atomic E-state index is 12.2. The third kappa shape index (κ3) is 4.34. The number of nitrogens with zero attached hydrogens (tertiary/aromatic N) is 2. The van der Waals surface area contributed by atoms with E-state index in [1.165, 1.54) is 0 Å². The highest BCUT2D eigenvalue weighted by Crippen LogP contribution is 2.22. The van der Waals surface area contributed by atoms with Gasteiger partial charge in [0, 0.05) is 25.1 Å². The number of carbonyl (C=O) groups is 1. The molecule has 5 nitrogen and oxygen atoms in total. The SMILES string of the molecule is CCCn1nc(C(C)(C)C)cc1C(=O)NCC(C)CO. The largest absolute Gasteiger partial charge is 0.396 e. The molecule has 1 rings (SSSR count). The summed E-state index contributed by atoms with van der Waals surface area (Å²) in [7, 11) is 0. The highest BCUT2D eigenvalue weighted by Gasteiger charge is 2.22. The molecule has 0 saturated heterocycles. The smallest absolute Gasteiger partial charge is 0.269 e. The summed E-state index contributed by atoms with van der Waals surface area (Å²) in [5, 5.41) is 16.4. The quantitative estimate of drug-likeness (QED) is 0.837. The molecule has 0 aliphatic heterocycles. The van der Waals surface area contributed by atoms with Crippen molar-refractivity contribution in [3.63, 3.8) is 0 Å². The van der Waals surface area contributed by atoms with Crippen LogP contribution in [-0.4, -0.2) is 33.9 Å². The molecular weight excluding hydrogens is 254 g/mol. The summed E-state index contributed by atoms with van der Waals surface area (Å²) < 4.78 is 1.78. The van der Waals surface area contributed by atoms with Crippen molar-refractivity contribution in [1.82, 2.24) is 15.1 Å². The molecule has 0 bridgehead atoms. The van der Waals surface area contributed by atoms with Crippen molar-refractivity contribution >= 4 is 5.91 Å². The fourth-order valence-corrected chi connectivity index (χ4v) is 1.77. The van der Waals surface area contributed by atoms with Crippen molar-refractivity contribution in [2.45, 2.75) is 53.0 Å². The van der Waals surface area contributed by atoms with Crippen molar-refractivity contribution in [2.75, 3.05) is 13.2 Å². The second kappa shape index (κ2) is 6.88. The summed E-state index contributed by atoms with van der Waals surface area (Å²) >= 11 is 0. The molecule has 0 saturated carbocycles. The molecule has 114 valence electrons. The van der Waals surface area contributed by atoms with Gasteiger partial charge in [-0.3, -0.25) is 9.48 Å². The molecule has 0 aliphatic carbocycles. The number of nitrogens with one attached hydrogen (secondary N) is 1. The zero-order valence-corrected chi connectivity index (χ0v) is 13.2. The van der Waals surface area contributed by atoms with Crippen molar-refractivity contribution in [1.29, 1.82) is 0 Å². The Balaban J connectivity index is 2.91. The van der Waals surface area contributed by atoms with Crippen LogP contribution in [0.3, 0.4) is 0 Å². The van der Waals surface area contributed by atoms with Crippen LogP contribution in [0, 0.1) is 5.92 Å². The van der Waals surface area contributed by atoms with Gasteiger partial charge in [0.05, 0.1) is 5.69 Å². The van der Waals surface area contributed by atoms with Crippen LogP contribution in [0.2, 0.25) is 0 Å². The van der Waals surface area contributed by atoms with Crippen LogP contribution in [-0.2, 0) is 12.0 Å². The summed E-state index contributed by atoms with van der Waals surface area (Å²) in [6.45, 7) is 11.5. The van der Waals surface area contributed by atoms with Gasteiger partial charge in [-0.2, -0.15) is 5.10 Å². The monoisotopic (exact) mass is 281 g/mol. The summed E-state index contributed by atoms with van der Waals surface area (Å²) in [6, 6.07) is 1.87. The number of aromatic nitrogens is 2. The Labute approximate surface area is 121 Å². The number of aliphatic hydroxyl groups excluding tert-OH is 1. The van der Waals surface area contributed by atoms with Gasteiger partial charge in [0.15, 0.2) is 0 Å². The average molecular weight is 281 g/mol. The Morgan fingerprint density at radius 1 is 1.50 bits per heavy atom. The van der Waals surface area contributed by atoms with Crippen molar-refractivity contribution in [3.8, 4) is 0 Å². The fraction of sp³-hybridized carbons (Fsp3) is 0.733. The van der Waals surface area contributed by atoms with E-state index in [-0.39, 0.29) is 23.8 Å². The van der Waals surface area contributed by atoms with E-state index in [4.69, 9.17) is 5.11 Å². The second-order valence-electron chi connectivity index (χ2n) is 6.39. The first-order valence-corrected chi connectivity index (χ1v) is 7.27. The number of aryl methyl sites for hydroxylation is 1. The second-order valence-corrected chi connectivity index (χ2v) is 6.39. The molecule has 0 fully saturated rings. The molecule has 1 amide bonds. The first-order chi connectivity index (χ1) is 9.29. The molecule has 0 radical (unpaired) electrons. The number of hydrogen-bond donors (Lipinski definition) is 2. The van der Waals surface area contributed by atoms with Gasteiger partial charge < -0.3 is 10.4 Å². The summed E-state index contributed by atoms with van der Waals surface area (Å²) in [5.41, 5.74) is 1.44. The Morgan fingerprint density at radius 3 is 2.65 bits per heavy atom. The summed E-state index contributed by atoms with van der Waals surface area (Å²) in [4.78, 5) is 12.2. The number of carbonyl (C=O) groups excluding carboxylic acids is 1. The molecule has 1 heterocycles. The van der Waals surface area contributed by atoms with Gasteiger partial charge in [0.25, 0.3) is 5.91 Å². The van der Waals surface area contributed by atoms with E-state index in [1.54, 1.807) is 4.68 Å². The van der Waals surface area contributed by atoms with Crippen molar-refractivity contribution < 1.29 is 9.90 Å². The van der Waals surface area contributed by atoms with Crippen LogP contribution in [0.1, 0.15) is 57.2 Å². The molecule has 0 spiro atoms. The lowest BCUT2D eigenvalue weighted by Crippen LogP contribution is -2.31. The number of amides is 1. The molecule has 5 heteroatoms. The maximum atomic E-state index is 12.2. The Kier molecular flexibility index (Phi) is 5.74. The first kappa shape index (κ1) is 16.7. The standard InChI is InChI=1S/C15H27N3O2/c1-6-7-18-12(8-13(17-18)15(3,4)5)14(20)16-9-11(2)10-19/h8,11,19H,6-7,9-10H2,1-5H3,(H,16,20). The van der Waals surface area contributed by atoms with Crippen LogP contribution >= 0.6 is 0 Å². The van der Waals surface area contributed by atoms with Gasteiger partial charge in [-0.05, 0) is 18.4 Å². The topological polar surface area (TPSA) is 67.2 Å². The predicted octanol–water partition coefficient (Wildman–Crippen LogP) is 1.95. The Bertz CT molecular complexity index is 446. The Hall–Kier alpha value is -1.36. The van der Waals surface area contributed by atoms with Crippen LogP contribution in [0.15, 0.2) is 6.07 Å². The van der Waals surface area contributed by atoms with Gasteiger partial charge in [0.2, 0.25) is 0 Å². The average Bonchev–Trinajstić information content (AvgIpc) is 2.80.